The van der Waals surface area contributed by atoms with Crippen LogP contribution >= 0.6 is 23.2 Å². The van der Waals surface area contributed by atoms with Crippen molar-refractivity contribution in [3.8, 4) is 0 Å². The predicted octanol–water partition coefficient (Wildman–Crippen LogP) is 3.78. The summed E-state index contributed by atoms with van der Waals surface area (Å²) in [5, 5.41) is 3.32. The van der Waals surface area contributed by atoms with Gasteiger partial charge in [0.25, 0.3) is 5.91 Å². The summed E-state index contributed by atoms with van der Waals surface area (Å²) in [6.07, 6.45) is 0. The minimum absolute atomic E-state index is 0.160. The summed E-state index contributed by atoms with van der Waals surface area (Å²) in [6, 6.07) is 5.25. The number of aryl methyl sites for hydroxylation is 1. The van der Waals surface area contributed by atoms with E-state index >= 15 is 0 Å². The quantitative estimate of drug-likeness (QED) is 0.835. The van der Waals surface area contributed by atoms with Gasteiger partial charge in [-0.3, -0.25) is 4.79 Å². The van der Waals surface area contributed by atoms with E-state index in [9.17, 15) is 4.79 Å². The molecule has 0 saturated carbocycles. The molecule has 1 atom stereocenters. The molecule has 0 aliphatic heterocycles. The maximum atomic E-state index is 12.0. The van der Waals surface area contributed by atoms with Gasteiger partial charge in [0.15, 0.2) is 0 Å². The zero-order valence-electron chi connectivity index (χ0n) is 10.5. The Hall–Kier alpha value is -0.730. The molecule has 0 radical (unpaired) electrons. The highest BCUT2D eigenvalue weighted by atomic mass is 35.5. The van der Waals surface area contributed by atoms with Crippen molar-refractivity contribution in [2.24, 2.45) is 0 Å². The lowest BCUT2D eigenvalue weighted by Gasteiger charge is -2.29. The van der Waals surface area contributed by atoms with Gasteiger partial charge in [0, 0.05) is 10.6 Å². The normalized spacial score (nSPS) is 13.3. The molecule has 1 aromatic carbocycles. The van der Waals surface area contributed by atoms with E-state index in [0.29, 0.717) is 10.6 Å². The molecule has 1 aromatic rings. The van der Waals surface area contributed by atoms with Gasteiger partial charge in [-0.05, 0) is 45.4 Å². The molecule has 0 spiro atoms. The van der Waals surface area contributed by atoms with E-state index in [-0.39, 0.29) is 11.3 Å². The third-order valence-corrected chi connectivity index (χ3v) is 3.82. The fourth-order valence-corrected chi connectivity index (χ4v) is 1.43. The third kappa shape index (κ3) is 3.62. The number of alkyl halides is 1. The van der Waals surface area contributed by atoms with E-state index < -0.39 is 5.54 Å². The number of hydrogen-bond acceptors (Lipinski definition) is 1. The Morgan fingerprint density at radius 3 is 2.47 bits per heavy atom. The van der Waals surface area contributed by atoms with Crippen LogP contribution < -0.4 is 5.32 Å². The Morgan fingerprint density at radius 1 is 1.41 bits per heavy atom. The Balaban J connectivity index is 2.87. The van der Waals surface area contributed by atoms with Crippen molar-refractivity contribution < 1.29 is 4.79 Å². The smallest absolute Gasteiger partial charge is 0.251 e. The van der Waals surface area contributed by atoms with Crippen LogP contribution in [0.25, 0.3) is 0 Å². The van der Waals surface area contributed by atoms with E-state index in [2.05, 4.69) is 5.32 Å². The predicted molar refractivity (Wildman–Crippen MR) is 73.0 cm³/mol. The molecule has 17 heavy (non-hydrogen) atoms. The molecule has 1 amide bonds. The highest BCUT2D eigenvalue weighted by molar-refractivity contribution is 6.31. The maximum Gasteiger partial charge on any atom is 0.251 e. The number of hydrogen-bond donors (Lipinski definition) is 1. The molecule has 0 aliphatic carbocycles. The fourth-order valence-electron chi connectivity index (χ4n) is 1.20. The first-order valence-electron chi connectivity index (χ1n) is 5.47. The zero-order chi connectivity index (χ0) is 13.2. The van der Waals surface area contributed by atoms with Crippen molar-refractivity contribution in [2.45, 2.75) is 38.6 Å². The average molecular weight is 274 g/mol. The molecule has 1 N–H and O–H groups in total. The van der Waals surface area contributed by atoms with Crippen LogP contribution in [0.4, 0.5) is 0 Å². The SMILES string of the molecule is Cc1ccc(C(=O)NC(C)(C)C(C)Cl)cc1Cl. The summed E-state index contributed by atoms with van der Waals surface area (Å²) >= 11 is 12.0. The fraction of sp³-hybridized carbons (Fsp3) is 0.462. The van der Waals surface area contributed by atoms with Crippen LogP contribution in [0.2, 0.25) is 5.02 Å². The van der Waals surface area contributed by atoms with Crippen LogP contribution in [-0.2, 0) is 0 Å². The van der Waals surface area contributed by atoms with E-state index in [4.69, 9.17) is 23.2 Å². The van der Waals surface area contributed by atoms with Crippen LogP contribution in [0.3, 0.4) is 0 Å². The molecule has 0 heterocycles. The lowest BCUT2D eigenvalue weighted by Crippen LogP contribution is -2.49. The summed E-state index contributed by atoms with van der Waals surface area (Å²) in [5.74, 6) is -0.163. The van der Waals surface area contributed by atoms with Crippen molar-refractivity contribution >= 4 is 29.1 Å². The Bertz CT molecular complexity index is 427. The first-order valence-corrected chi connectivity index (χ1v) is 6.28. The van der Waals surface area contributed by atoms with E-state index in [1.807, 2.05) is 33.8 Å². The zero-order valence-corrected chi connectivity index (χ0v) is 12.0. The van der Waals surface area contributed by atoms with Crippen molar-refractivity contribution in [1.82, 2.24) is 5.32 Å². The highest BCUT2D eigenvalue weighted by Gasteiger charge is 2.26. The summed E-state index contributed by atoms with van der Waals surface area (Å²) in [7, 11) is 0. The molecular weight excluding hydrogens is 257 g/mol. The molecule has 0 aliphatic rings. The molecular formula is C13H17Cl2NO. The lowest BCUT2D eigenvalue weighted by molar-refractivity contribution is 0.0912. The maximum absolute atomic E-state index is 12.0. The number of carbonyl (C=O) groups is 1. The van der Waals surface area contributed by atoms with Gasteiger partial charge in [-0.1, -0.05) is 17.7 Å². The molecule has 0 aromatic heterocycles. The van der Waals surface area contributed by atoms with Gasteiger partial charge in [-0.25, -0.2) is 0 Å². The van der Waals surface area contributed by atoms with Gasteiger partial charge >= 0.3 is 0 Å². The molecule has 94 valence electrons. The number of carbonyl (C=O) groups excluding carboxylic acids is 1. The minimum atomic E-state index is -0.462. The highest BCUT2D eigenvalue weighted by Crippen LogP contribution is 2.19. The van der Waals surface area contributed by atoms with Crippen LogP contribution in [0, 0.1) is 6.92 Å². The van der Waals surface area contributed by atoms with Gasteiger partial charge in [-0.15, -0.1) is 11.6 Å². The number of benzene rings is 1. The van der Waals surface area contributed by atoms with Gasteiger partial charge in [0.05, 0.1) is 10.9 Å². The van der Waals surface area contributed by atoms with Crippen LogP contribution in [0.5, 0.6) is 0 Å². The Morgan fingerprint density at radius 2 is 2.00 bits per heavy atom. The second-order valence-electron chi connectivity index (χ2n) is 4.76. The van der Waals surface area contributed by atoms with Crippen LogP contribution in [0.1, 0.15) is 36.7 Å². The number of halogens is 2. The molecule has 1 rings (SSSR count). The first-order chi connectivity index (χ1) is 7.74. The summed E-state index contributed by atoms with van der Waals surface area (Å²) < 4.78 is 0. The molecule has 2 nitrogen and oxygen atoms in total. The van der Waals surface area contributed by atoms with Crippen molar-refractivity contribution in [3.05, 3.63) is 34.3 Å². The topological polar surface area (TPSA) is 29.1 Å². The lowest BCUT2D eigenvalue weighted by atomic mass is 10.0. The van der Waals surface area contributed by atoms with E-state index in [0.717, 1.165) is 5.56 Å². The van der Waals surface area contributed by atoms with Crippen molar-refractivity contribution in [3.63, 3.8) is 0 Å². The monoisotopic (exact) mass is 273 g/mol. The van der Waals surface area contributed by atoms with Crippen LogP contribution in [-0.4, -0.2) is 16.8 Å². The molecule has 0 fully saturated rings. The van der Waals surface area contributed by atoms with Gasteiger partial charge in [0.2, 0.25) is 0 Å². The molecule has 1 unspecified atom stereocenters. The number of amides is 1. The first kappa shape index (κ1) is 14.3. The van der Waals surface area contributed by atoms with Crippen LogP contribution in [0.15, 0.2) is 18.2 Å². The van der Waals surface area contributed by atoms with Crippen molar-refractivity contribution in [2.75, 3.05) is 0 Å². The van der Waals surface area contributed by atoms with E-state index in [1.165, 1.54) is 0 Å². The largest absolute Gasteiger partial charge is 0.346 e. The number of nitrogens with one attached hydrogen (secondary N) is 1. The van der Waals surface area contributed by atoms with Gasteiger partial charge in [-0.2, -0.15) is 0 Å². The van der Waals surface area contributed by atoms with E-state index in [1.54, 1.807) is 12.1 Å². The molecule has 0 saturated heterocycles. The Kier molecular flexibility index (Phi) is 4.45. The standard InChI is InChI=1S/C13H17Cl2NO/c1-8-5-6-10(7-11(8)15)12(17)16-13(3,4)9(2)14/h5-7,9H,1-4H3,(H,16,17). The van der Waals surface area contributed by atoms with Gasteiger partial charge < -0.3 is 5.32 Å². The Labute approximate surface area is 112 Å². The molecule has 4 heteroatoms. The number of rotatable bonds is 3. The minimum Gasteiger partial charge on any atom is -0.346 e. The third-order valence-electron chi connectivity index (χ3n) is 2.86. The van der Waals surface area contributed by atoms with Crippen molar-refractivity contribution in [1.29, 1.82) is 0 Å². The summed E-state index contributed by atoms with van der Waals surface area (Å²) in [4.78, 5) is 12.0. The summed E-state index contributed by atoms with van der Waals surface area (Å²) in [6.45, 7) is 7.52. The molecule has 0 bridgehead atoms. The second-order valence-corrected chi connectivity index (χ2v) is 5.82. The van der Waals surface area contributed by atoms with Gasteiger partial charge in [0.1, 0.15) is 0 Å². The average Bonchev–Trinajstić information content (AvgIpc) is 2.21. The second kappa shape index (κ2) is 5.28. The summed E-state index contributed by atoms with van der Waals surface area (Å²) in [5.41, 5.74) is 1.04.